The van der Waals surface area contributed by atoms with Crippen molar-refractivity contribution in [1.82, 2.24) is 35.0 Å². The van der Waals surface area contributed by atoms with Crippen LogP contribution in [0.15, 0.2) is 53.9 Å². The van der Waals surface area contributed by atoms with Crippen LogP contribution >= 0.6 is 11.8 Å². The Kier molecular flexibility index (Phi) is 6.03. The van der Waals surface area contributed by atoms with Crippen molar-refractivity contribution in [2.24, 2.45) is 0 Å². The molecule has 4 rings (SSSR count). The number of hydrogen-bond acceptors (Lipinski definition) is 7. The van der Waals surface area contributed by atoms with Crippen molar-refractivity contribution >= 4 is 23.4 Å². The molecule has 11 heteroatoms. The number of carbonyl (C=O) groups excluding carboxylic acids is 1. The van der Waals surface area contributed by atoms with Gasteiger partial charge in [-0.1, -0.05) is 36.9 Å². The minimum Gasteiger partial charge on any atom is -0.325 e. The van der Waals surface area contributed by atoms with Gasteiger partial charge in [-0.15, -0.1) is 15.3 Å². The number of thioether (sulfide) groups is 1. The molecule has 0 bridgehead atoms. The molecule has 0 aliphatic rings. The van der Waals surface area contributed by atoms with Crippen LogP contribution in [0.2, 0.25) is 0 Å². The van der Waals surface area contributed by atoms with Crippen LogP contribution in [0.25, 0.3) is 11.4 Å². The van der Waals surface area contributed by atoms with Gasteiger partial charge >= 0.3 is 0 Å². The Morgan fingerprint density at radius 1 is 1.16 bits per heavy atom. The second-order valence-corrected chi connectivity index (χ2v) is 7.55. The summed E-state index contributed by atoms with van der Waals surface area (Å²) in [5.74, 6) is -0.201. The van der Waals surface area contributed by atoms with E-state index in [1.807, 2.05) is 22.8 Å². The van der Waals surface area contributed by atoms with E-state index in [0.717, 1.165) is 17.7 Å². The van der Waals surface area contributed by atoms with Gasteiger partial charge in [-0.2, -0.15) is 4.68 Å². The molecule has 0 fully saturated rings. The van der Waals surface area contributed by atoms with E-state index in [9.17, 15) is 9.18 Å². The summed E-state index contributed by atoms with van der Waals surface area (Å²) in [5.41, 5.74) is 2.74. The topological polar surface area (TPSA) is 103 Å². The predicted octanol–water partition coefficient (Wildman–Crippen LogP) is 2.98. The highest BCUT2D eigenvalue weighted by atomic mass is 32.2. The molecule has 0 saturated carbocycles. The number of para-hydroxylation sites is 1. The van der Waals surface area contributed by atoms with Crippen LogP contribution in [0.4, 0.5) is 10.1 Å². The average Bonchev–Trinajstić information content (AvgIpc) is 3.42. The minimum absolute atomic E-state index is 0.115. The van der Waals surface area contributed by atoms with E-state index >= 15 is 0 Å². The molecular formula is C20H19FN8OS. The number of nitrogens with one attached hydrogen (secondary N) is 1. The van der Waals surface area contributed by atoms with Crippen molar-refractivity contribution < 1.29 is 9.18 Å². The van der Waals surface area contributed by atoms with Crippen molar-refractivity contribution in [3.8, 4) is 11.4 Å². The fourth-order valence-electron chi connectivity index (χ4n) is 3.07. The van der Waals surface area contributed by atoms with Crippen molar-refractivity contribution in [2.45, 2.75) is 25.4 Å². The lowest BCUT2D eigenvalue weighted by Crippen LogP contribution is -2.15. The second kappa shape index (κ2) is 9.04. The van der Waals surface area contributed by atoms with E-state index in [2.05, 4.69) is 44.0 Å². The van der Waals surface area contributed by atoms with Crippen LogP contribution in [0.3, 0.4) is 0 Å². The maximum atomic E-state index is 14.2. The lowest BCUT2D eigenvalue weighted by Gasteiger charge is -2.11. The molecule has 1 amide bonds. The molecule has 9 nitrogen and oxygen atoms in total. The Labute approximate surface area is 181 Å². The number of carbonyl (C=O) groups is 1. The smallest absolute Gasteiger partial charge is 0.234 e. The molecule has 0 saturated heterocycles. The van der Waals surface area contributed by atoms with Gasteiger partial charge in [0.25, 0.3) is 0 Å². The Bertz CT molecular complexity index is 1220. The SMILES string of the molecule is CCc1ccccc1-n1cnnc1SCC(=O)Nc1ccc(F)c(-n2nnnc2C)c1. The van der Waals surface area contributed by atoms with Crippen molar-refractivity contribution in [3.05, 3.63) is 66.0 Å². The fourth-order valence-corrected chi connectivity index (χ4v) is 3.79. The van der Waals surface area contributed by atoms with Gasteiger partial charge in [0.15, 0.2) is 11.0 Å². The fraction of sp³-hybridized carbons (Fsp3) is 0.200. The molecule has 0 spiro atoms. The van der Waals surface area contributed by atoms with Crippen LogP contribution in [0, 0.1) is 12.7 Å². The van der Waals surface area contributed by atoms with Crippen molar-refractivity contribution in [3.63, 3.8) is 0 Å². The molecule has 4 aromatic rings. The van der Waals surface area contributed by atoms with E-state index in [-0.39, 0.29) is 17.3 Å². The zero-order valence-corrected chi connectivity index (χ0v) is 17.7. The molecule has 158 valence electrons. The first-order valence-electron chi connectivity index (χ1n) is 9.52. The average molecular weight is 438 g/mol. The Morgan fingerprint density at radius 3 is 2.77 bits per heavy atom. The molecule has 2 aromatic heterocycles. The normalized spacial score (nSPS) is 10.9. The number of nitrogens with zero attached hydrogens (tertiary/aromatic N) is 7. The molecule has 0 aliphatic carbocycles. The Balaban J connectivity index is 1.46. The van der Waals surface area contributed by atoms with E-state index in [1.165, 1.54) is 34.6 Å². The summed E-state index contributed by atoms with van der Waals surface area (Å²) in [6.07, 6.45) is 2.50. The maximum Gasteiger partial charge on any atom is 0.234 e. The summed E-state index contributed by atoms with van der Waals surface area (Å²) in [7, 11) is 0. The number of tetrazole rings is 1. The van der Waals surface area contributed by atoms with E-state index in [1.54, 1.807) is 13.3 Å². The third-order valence-electron chi connectivity index (χ3n) is 4.56. The Hall–Kier alpha value is -3.60. The summed E-state index contributed by atoms with van der Waals surface area (Å²) in [6.45, 7) is 3.74. The number of anilines is 1. The number of amides is 1. The molecule has 0 unspecified atom stereocenters. The highest BCUT2D eigenvalue weighted by molar-refractivity contribution is 7.99. The summed E-state index contributed by atoms with van der Waals surface area (Å²) < 4.78 is 17.3. The van der Waals surface area contributed by atoms with Crippen molar-refractivity contribution in [2.75, 3.05) is 11.1 Å². The van der Waals surface area contributed by atoms with Crippen LogP contribution in [0.1, 0.15) is 18.3 Å². The molecular weight excluding hydrogens is 419 g/mol. The van der Waals surface area contributed by atoms with Gasteiger partial charge < -0.3 is 5.32 Å². The van der Waals surface area contributed by atoms with E-state index in [0.29, 0.717) is 16.7 Å². The first kappa shape index (κ1) is 20.7. The van der Waals surface area contributed by atoms with Gasteiger partial charge in [-0.3, -0.25) is 9.36 Å². The number of hydrogen-bond donors (Lipinski definition) is 1. The standard InChI is InChI=1S/C20H19FN8OS/c1-3-14-6-4-5-7-17(14)28-12-22-25-20(28)31-11-19(30)23-15-8-9-16(21)18(10-15)29-13(2)24-26-27-29/h4-10,12H,3,11H2,1-2H3,(H,23,30). The lowest BCUT2D eigenvalue weighted by molar-refractivity contribution is -0.113. The number of aryl methyl sites for hydroxylation is 2. The van der Waals surface area contributed by atoms with Gasteiger partial charge in [-0.05, 0) is 53.6 Å². The number of halogens is 1. The highest BCUT2D eigenvalue weighted by Crippen LogP contribution is 2.23. The third-order valence-corrected chi connectivity index (χ3v) is 5.51. The summed E-state index contributed by atoms with van der Waals surface area (Å²) in [6, 6.07) is 12.2. The summed E-state index contributed by atoms with van der Waals surface area (Å²) in [5, 5.41) is 22.6. The van der Waals surface area contributed by atoms with Gasteiger partial charge in [-0.25, -0.2) is 4.39 Å². The van der Waals surface area contributed by atoms with E-state index < -0.39 is 5.82 Å². The molecule has 2 aromatic carbocycles. The molecule has 31 heavy (non-hydrogen) atoms. The van der Waals surface area contributed by atoms with Crippen LogP contribution < -0.4 is 5.32 Å². The van der Waals surface area contributed by atoms with Gasteiger partial charge in [0, 0.05) is 5.69 Å². The first-order valence-corrected chi connectivity index (χ1v) is 10.5. The van der Waals surface area contributed by atoms with E-state index in [4.69, 9.17) is 0 Å². The monoisotopic (exact) mass is 438 g/mol. The van der Waals surface area contributed by atoms with Crippen LogP contribution in [-0.4, -0.2) is 46.6 Å². The Morgan fingerprint density at radius 2 is 2.00 bits per heavy atom. The number of rotatable bonds is 7. The molecule has 0 radical (unpaired) electrons. The highest BCUT2D eigenvalue weighted by Gasteiger charge is 2.14. The predicted molar refractivity (Wildman–Crippen MR) is 114 cm³/mol. The minimum atomic E-state index is -0.495. The maximum absolute atomic E-state index is 14.2. The molecule has 0 atom stereocenters. The quantitative estimate of drug-likeness (QED) is 0.443. The number of benzene rings is 2. The van der Waals surface area contributed by atoms with Gasteiger partial charge in [0.05, 0.1) is 11.4 Å². The zero-order chi connectivity index (χ0) is 21.8. The van der Waals surface area contributed by atoms with Crippen LogP contribution in [0.5, 0.6) is 0 Å². The number of aromatic nitrogens is 7. The largest absolute Gasteiger partial charge is 0.325 e. The summed E-state index contributed by atoms with van der Waals surface area (Å²) in [4.78, 5) is 12.5. The second-order valence-electron chi connectivity index (χ2n) is 6.61. The van der Waals surface area contributed by atoms with Crippen LogP contribution in [-0.2, 0) is 11.2 Å². The van der Waals surface area contributed by atoms with Crippen molar-refractivity contribution in [1.29, 1.82) is 0 Å². The third kappa shape index (κ3) is 4.45. The molecule has 0 aliphatic heterocycles. The van der Waals surface area contributed by atoms with Gasteiger partial charge in [0.1, 0.15) is 17.8 Å². The first-order chi connectivity index (χ1) is 15.1. The lowest BCUT2D eigenvalue weighted by atomic mass is 10.1. The molecule has 2 heterocycles. The molecule has 1 N–H and O–H groups in total. The van der Waals surface area contributed by atoms with Gasteiger partial charge in [0.2, 0.25) is 5.91 Å². The summed E-state index contributed by atoms with van der Waals surface area (Å²) >= 11 is 1.27. The zero-order valence-electron chi connectivity index (χ0n) is 16.9.